The third-order valence-electron chi connectivity index (χ3n) is 3.57. The minimum absolute atomic E-state index is 0.0253. The second-order valence-corrected chi connectivity index (χ2v) is 5.56. The van der Waals surface area contributed by atoms with Gasteiger partial charge in [0.1, 0.15) is 11.6 Å². The lowest BCUT2D eigenvalue weighted by Gasteiger charge is -2.22. The van der Waals surface area contributed by atoms with Crippen LogP contribution in [-0.4, -0.2) is 20.6 Å². The van der Waals surface area contributed by atoms with E-state index >= 15 is 0 Å². The van der Waals surface area contributed by atoms with E-state index in [0.717, 1.165) is 5.82 Å². The van der Waals surface area contributed by atoms with Gasteiger partial charge >= 0.3 is 0 Å². The smallest absolute Gasteiger partial charge is 0.255 e. The van der Waals surface area contributed by atoms with Crippen molar-refractivity contribution >= 4 is 5.91 Å². The summed E-state index contributed by atoms with van der Waals surface area (Å²) in [6, 6.07) is 4.94. The summed E-state index contributed by atoms with van der Waals surface area (Å²) in [5.74, 6) is 0.711. The monoisotopic (exact) mass is 287 g/mol. The minimum atomic E-state index is -0.294. The number of carbonyl (C=O) groups excluding carboxylic acids is 1. The number of aromatic hydroxyl groups is 1. The highest BCUT2D eigenvalue weighted by molar-refractivity contribution is 5.97. The number of benzene rings is 1. The Kier molecular flexibility index (Phi) is 4.31. The summed E-state index contributed by atoms with van der Waals surface area (Å²) in [6.07, 6.45) is 3.56. The molecule has 0 spiro atoms. The van der Waals surface area contributed by atoms with Crippen molar-refractivity contribution in [2.45, 2.75) is 26.8 Å². The van der Waals surface area contributed by atoms with Crippen molar-refractivity contribution in [2.75, 3.05) is 0 Å². The zero-order chi connectivity index (χ0) is 15.6. The number of aromatic nitrogens is 2. The molecule has 0 aliphatic carbocycles. The molecular weight excluding hydrogens is 266 g/mol. The molecule has 2 aromatic rings. The number of nitrogens with zero attached hydrogens (tertiary/aromatic N) is 2. The van der Waals surface area contributed by atoms with Crippen molar-refractivity contribution in [3.63, 3.8) is 0 Å². The molecule has 0 aliphatic rings. The molecule has 0 bridgehead atoms. The Morgan fingerprint density at radius 2 is 2.10 bits per heavy atom. The average molecular weight is 287 g/mol. The molecular formula is C16H21N3O2. The third kappa shape index (κ3) is 3.07. The van der Waals surface area contributed by atoms with Gasteiger partial charge in [-0.25, -0.2) is 4.98 Å². The fraction of sp³-hybridized carbons (Fsp3) is 0.375. The van der Waals surface area contributed by atoms with Gasteiger partial charge in [0, 0.05) is 19.4 Å². The van der Waals surface area contributed by atoms with Crippen molar-refractivity contribution in [3.8, 4) is 5.75 Å². The molecule has 0 radical (unpaired) electrons. The molecule has 2 N–H and O–H groups in total. The second kappa shape index (κ2) is 5.99. The standard InChI is InChI=1S/C16H21N3O2/c1-10(2)13(15-17-8-9-19(15)4)18-16(21)12-7-5-6-11(3)14(12)20/h5-10,13,20H,1-4H3,(H,18,21). The molecule has 0 aliphatic heterocycles. The Bertz CT molecular complexity index is 647. The lowest BCUT2D eigenvalue weighted by Crippen LogP contribution is -2.33. The largest absolute Gasteiger partial charge is 0.507 e. The zero-order valence-corrected chi connectivity index (χ0v) is 12.8. The van der Waals surface area contributed by atoms with Crippen LogP contribution in [-0.2, 0) is 7.05 Å². The number of nitrogens with one attached hydrogen (secondary N) is 1. The van der Waals surface area contributed by atoms with Gasteiger partial charge in [-0.1, -0.05) is 26.0 Å². The molecule has 2 rings (SSSR count). The summed E-state index contributed by atoms with van der Waals surface area (Å²) in [4.78, 5) is 16.7. The summed E-state index contributed by atoms with van der Waals surface area (Å²) < 4.78 is 1.89. The van der Waals surface area contributed by atoms with Gasteiger partial charge in [-0.2, -0.15) is 0 Å². The number of rotatable bonds is 4. The molecule has 1 heterocycles. The maximum atomic E-state index is 12.4. The molecule has 0 saturated heterocycles. The van der Waals surface area contributed by atoms with E-state index in [-0.39, 0.29) is 29.2 Å². The molecule has 1 atom stereocenters. The van der Waals surface area contributed by atoms with Crippen LogP contribution in [0.3, 0.4) is 0 Å². The Hall–Kier alpha value is -2.30. The van der Waals surface area contributed by atoms with Crippen molar-refractivity contribution in [1.82, 2.24) is 14.9 Å². The van der Waals surface area contributed by atoms with E-state index in [1.54, 1.807) is 31.3 Å². The quantitative estimate of drug-likeness (QED) is 0.908. The molecule has 1 unspecified atom stereocenters. The summed E-state index contributed by atoms with van der Waals surface area (Å²) >= 11 is 0. The highest BCUT2D eigenvalue weighted by Crippen LogP contribution is 2.24. The molecule has 0 saturated carbocycles. The van der Waals surface area contributed by atoms with Gasteiger partial charge in [-0.05, 0) is 24.5 Å². The Morgan fingerprint density at radius 3 is 2.67 bits per heavy atom. The van der Waals surface area contributed by atoms with E-state index in [1.165, 1.54) is 0 Å². The lowest BCUT2D eigenvalue weighted by molar-refractivity contribution is 0.0919. The number of imidazole rings is 1. The maximum Gasteiger partial charge on any atom is 0.255 e. The number of amides is 1. The third-order valence-corrected chi connectivity index (χ3v) is 3.57. The van der Waals surface area contributed by atoms with Crippen LogP contribution in [0.25, 0.3) is 0 Å². The first kappa shape index (κ1) is 15.1. The van der Waals surface area contributed by atoms with Gasteiger partial charge < -0.3 is 15.0 Å². The van der Waals surface area contributed by atoms with Crippen LogP contribution in [0.2, 0.25) is 0 Å². The number of hydrogen-bond acceptors (Lipinski definition) is 3. The van der Waals surface area contributed by atoms with E-state index in [2.05, 4.69) is 10.3 Å². The molecule has 5 nitrogen and oxygen atoms in total. The lowest BCUT2D eigenvalue weighted by atomic mass is 10.0. The SMILES string of the molecule is Cc1cccc(C(=O)NC(c2nccn2C)C(C)C)c1O. The minimum Gasteiger partial charge on any atom is -0.507 e. The highest BCUT2D eigenvalue weighted by atomic mass is 16.3. The first-order chi connectivity index (χ1) is 9.91. The Balaban J connectivity index is 2.28. The van der Waals surface area contributed by atoms with Crippen LogP contribution < -0.4 is 5.32 Å². The van der Waals surface area contributed by atoms with Gasteiger partial charge in [-0.15, -0.1) is 0 Å². The van der Waals surface area contributed by atoms with Gasteiger partial charge in [0.05, 0.1) is 11.6 Å². The molecule has 5 heteroatoms. The number of carbonyl (C=O) groups is 1. The van der Waals surface area contributed by atoms with Crippen LogP contribution in [0.1, 0.15) is 41.6 Å². The van der Waals surface area contributed by atoms with Gasteiger partial charge in [0.15, 0.2) is 0 Å². The van der Waals surface area contributed by atoms with Crippen molar-refractivity contribution in [2.24, 2.45) is 13.0 Å². The fourth-order valence-corrected chi connectivity index (χ4v) is 2.27. The molecule has 1 amide bonds. The molecule has 112 valence electrons. The maximum absolute atomic E-state index is 12.4. The number of para-hydroxylation sites is 1. The molecule has 1 aromatic carbocycles. The Labute approximate surface area is 124 Å². The van der Waals surface area contributed by atoms with Crippen LogP contribution in [0.5, 0.6) is 5.75 Å². The summed E-state index contributed by atoms with van der Waals surface area (Å²) in [6.45, 7) is 5.82. The topological polar surface area (TPSA) is 67.2 Å². The normalized spacial score (nSPS) is 12.4. The number of phenolic OH excluding ortho intramolecular Hbond substituents is 1. The number of hydrogen-bond donors (Lipinski definition) is 2. The van der Waals surface area contributed by atoms with Crippen LogP contribution in [0, 0.1) is 12.8 Å². The molecule has 21 heavy (non-hydrogen) atoms. The predicted octanol–water partition coefficient (Wildman–Crippen LogP) is 2.56. The zero-order valence-electron chi connectivity index (χ0n) is 12.8. The van der Waals surface area contributed by atoms with Gasteiger partial charge in [0.25, 0.3) is 5.91 Å². The van der Waals surface area contributed by atoms with Crippen LogP contribution in [0.4, 0.5) is 0 Å². The van der Waals surface area contributed by atoms with E-state index < -0.39 is 0 Å². The first-order valence-electron chi connectivity index (χ1n) is 6.98. The van der Waals surface area contributed by atoms with Gasteiger partial charge in [0.2, 0.25) is 0 Å². The summed E-state index contributed by atoms with van der Waals surface area (Å²) in [5.41, 5.74) is 0.968. The van der Waals surface area contributed by atoms with E-state index in [9.17, 15) is 9.90 Å². The second-order valence-electron chi connectivity index (χ2n) is 5.56. The fourth-order valence-electron chi connectivity index (χ4n) is 2.27. The summed E-state index contributed by atoms with van der Waals surface area (Å²) in [5, 5.41) is 13.0. The molecule has 0 fully saturated rings. The van der Waals surface area contributed by atoms with Crippen LogP contribution in [0.15, 0.2) is 30.6 Å². The van der Waals surface area contributed by atoms with Crippen molar-refractivity contribution in [3.05, 3.63) is 47.5 Å². The highest BCUT2D eigenvalue weighted by Gasteiger charge is 2.23. The van der Waals surface area contributed by atoms with E-state index in [0.29, 0.717) is 5.56 Å². The van der Waals surface area contributed by atoms with Crippen molar-refractivity contribution in [1.29, 1.82) is 0 Å². The molecule has 1 aromatic heterocycles. The number of aryl methyl sites for hydroxylation is 2. The number of phenols is 1. The summed E-state index contributed by atoms with van der Waals surface area (Å²) in [7, 11) is 1.90. The predicted molar refractivity (Wildman–Crippen MR) is 81.1 cm³/mol. The van der Waals surface area contributed by atoms with Crippen LogP contribution >= 0.6 is 0 Å². The van der Waals surface area contributed by atoms with Crippen molar-refractivity contribution < 1.29 is 9.90 Å². The van der Waals surface area contributed by atoms with Gasteiger partial charge in [-0.3, -0.25) is 4.79 Å². The first-order valence-corrected chi connectivity index (χ1v) is 6.98. The Morgan fingerprint density at radius 1 is 1.38 bits per heavy atom. The average Bonchev–Trinajstić information content (AvgIpc) is 2.84. The van der Waals surface area contributed by atoms with E-state index in [4.69, 9.17) is 0 Å². The van der Waals surface area contributed by atoms with E-state index in [1.807, 2.05) is 31.7 Å².